The van der Waals surface area contributed by atoms with Crippen LogP contribution in [0, 0.1) is 0 Å². The molecule has 0 spiro atoms. The lowest BCUT2D eigenvalue weighted by Gasteiger charge is -2.27. The van der Waals surface area contributed by atoms with Crippen molar-refractivity contribution in [1.29, 1.82) is 0 Å². The van der Waals surface area contributed by atoms with Crippen molar-refractivity contribution in [1.82, 2.24) is 5.32 Å². The van der Waals surface area contributed by atoms with E-state index < -0.39 is 0 Å². The molecule has 0 atom stereocenters. The van der Waals surface area contributed by atoms with E-state index in [2.05, 4.69) is 53.5 Å². The molecule has 1 aliphatic rings. The van der Waals surface area contributed by atoms with E-state index in [-0.39, 0.29) is 5.43 Å². The Morgan fingerprint density at radius 3 is 2.55 bits per heavy atom. The minimum Gasteiger partial charge on any atom is -0.810 e. The van der Waals surface area contributed by atoms with E-state index in [1.54, 1.807) is 17.4 Å². The number of rotatable bonds is 11. The lowest BCUT2D eigenvalue weighted by atomic mass is 9.99. The lowest BCUT2D eigenvalue weighted by Crippen LogP contribution is -2.36. The summed E-state index contributed by atoms with van der Waals surface area (Å²) in [5.41, 5.74) is 4.23. The average molecular weight is 579 g/mol. The molecule has 1 N–H and O–H groups in total. The van der Waals surface area contributed by atoms with E-state index in [0.717, 1.165) is 55.4 Å². The molecule has 2 aromatic heterocycles. The Labute approximate surface area is 250 Å². The quantitative estimate of drug-likeness (QED) is 0.126. The molecule has 6 nitrogen and oxygen atoms in total. The van der Waals surface area contributed by atoms with Crippen LogP contribution in [-0.4, -0.2) is 39.1 Å². The van der Waals surface area contributed by atoms with Gasteiger partial charge in [-0.1, -0.05) is 69.0 Å². The summed E-state index contributed by atoms with van der Waals surface area (Å²) in [5.74, 6) is 0.588. The van der Waals surface area contributed by atoms with Crippen molar-refractivity contribution in [2.45, 2.75) is 39.0 Å². The summed E-state index contributed by atoms with van der Waals surface area (Å²) in [6, 6.07) is 20.0. The Morgan fingerprint density at radius 2 is 1.74 bits per heavy atom. The van der Waals surface area contributed by atoms with Gasteiger partial charge in [-0.2, -0.15) is 6.21 Å². The number of unbranched alkanes of at least 4 members (excludes halogenated alkanes) is 4. The molecule has 0 saturated carbocycles. The monoisotopic (exact) mass is 578 g/mol. The fourth-order valence-corrected chi connectivity index (χ4v) is 6.93. The summed E-state index contributed by atoms with van der Waals surface area (Å²) in [4.78, 5) is 15.2. The van der Waals surface area contributed by atoms with Crippen LogP contribution in [0.3, 0.4) is 0 Å². The predicted octanol–water partition coefficient (Wildman–Crippen LogP) is 8.21. The van der Waals surface area contributed by atoms with E-state index in [4.69, 9.17) is 9.15 Å². The van der Waals surface area contributed by atoms with Gasteiger partial charge in [0.1, 0.15) is 5.58 Å². The van der Waals surface area contributed by atoms with Crippen LogP contribution in [0.25, 0.3) is 53.3 Å². The highest BCUT2D eigenvalue weighted by atomic mass is 32.1. The molecule has 7 heteroatoms. The number of para-hydroxylation sites is 1. The van der Waals surface area contributed by atoms with Gasteiger partial charge in [-0.25, -0.2) is 0 Å². The normalized spacial score (nSPS) is 14.2. The maximum Gasteiger partial charge on any atom is 0.200 e. The Hall–Kier alpha value is -3.94. The topological polar surface area (TPSA) is 77.0 Å². The number of ether oxygens (including phenoxy) is 1. The highest BCUT2D eigenvalue weighted by Gasteiger charge is 2.19. The van der Waals surface area contributed by atoms with Crippen molar-refractivity contribution >= 4 is 60.2 Å². The summed E-state index contributed by atoms with van der Waals surface area (Å²) in [7, 11) is 0. The minimum absolute atomic E-state index is 0.0399. The van der Waals surface area contributed by atoms with Crippen LogP contribution in [0.5, 0.6) is 0 Å². The zero-order chi connectivity index (χ0) is 28.9. The van der Waals surface area contributed by atoms with Crippen LogP contribution in [0.15, 0.2) is 76.1 Å². The largest absolute Gasteiger partial charge is 0.810 e. The van der Waals surface area contributed by atoms with Crippen LogP contribution in [0.4, 0.5) is 5.88 Å². The van der Waals surface area contributed by atoms with E-state index in [1.165, 1.54) is 31.9 Å². The van der Waals surface area contributed by atoms with Gasteiger partial charge in [0.05, 0.1) is 18.6 Å². The Morgan fingerprint density at radius 1 is 0.952 bits per heavy atom. The highest BCUT2D eigenvalue weighted by molar-refractivity contribution is 7.26. The zero-order valence-electron chi connectivity index (χ0n) is 24.0. The third kappa shape index (κ3) is 5.72. The fraction of sp³-hybridized carbons (Fsp3) is 0.314. The van der Waals surface area contributed by atoms with Gasteiger partial charge >= 0.3 is 0 Å². The van der Waals surface area contributed by atoms with Crippen molar-refractivity contribution in [2.24, 2.45) is 0 Å². The molecule has 3 heterocycles. The molecule has 1 aliphatic heterocycles. The number of thiophene rings is 1. The van der Waals surface area contributed by atoms with Gasteiger partial charge in [-0.3, -0.25) is 4.79 Å². The molecule has 0 aliphatic carbocycles. The van der Waals surface area contributed by atoms with E-state index in [1.807, 2.05) is 24.4 Å². The molecule has 0 unspecified atom stereocenters. The summed E-state index contributed by atoms with van der Waals surface area (Å²) in [5, 5.41) is 16.3. The summed E-state index contributed by atoms with van der Waals surface area (Å²) < 4.78 is 14.3. The second-order valence-corrected chi connectivity index (χ2v) is 11.9. The first-order chi connectivity index (χ1) is 20.7. The molecule has 216 valence electrons. The molecule has 5 aromatic rings. The standard InChI is InChI=1S/C35H36N3O3S/c1-2-3-4-5-6-15-37-23-25(22-36)24-13-14-32-30(20-24)28-11-8-10-27(35(28)42-32)26-9-7-12-29-31(39)21-33(41-34(26)29)38-16-18-40-19-17-38/h7-14,20-23,37H,2-6,15-19H2,1H3/q-1/b25-23+. The van der Waals surface area contributed by atoms with Crippen molar-refractivity contribution < 1.29 is 9.15 Å². The molecule has 42 heavy (non-hydrogen) atoms. The molecule has 1 saturated heterocycles. The van der Waals surface area contributed by atoms with Gasteiger partial charge in [0.2, 0.25) is 0 Å². The fourth-order valence-electron chi connectivity index (χ4n) is 5.71. The van der Waals surface area contributed by atoms with Gasteiger partial charge in [0.15, 0.2) is 11.3 Å². The first kappa shape index (κ1) is 28.2. The number of morpholine rings is 1. The van der Waals surface area contributed by atoms with Crippen molar-refractivity contribution in [2.75, 3.05) is 37.7 Å². The molecule has 6 rings (SSSR count). The van der Waals surface area contributed by atoms with Crippen LogP contribution >= 0.6 is 11.3 Å². The molecule has 0 radical (unpaired) electrons. The van der Waals surface area contributed by atoms with Crippen LogP contribution in [0.2, 0.25) is 0 Å². The second kappa shape index (κ2) is 12.9. The lowest BCUT2D eigenvalue weighted by molar-refractivity contribution is 0.121. The number of nitrogens with one attached hydrogen (secondary N) is 1. The van der Waals surface area contributed by atoms with Crippen molar-refractivity contribution in [3.63, 3.8) is 0 Å². The molecule has 0 amide bonds. The Bertz CT molecular complexity index is 1810. The predicted molar refractivity (Wildman–Crippen MR) is 178 cm³/mol. The number of benzene rings is 3. The van der Waals surface area contributed by atoms with Gasteiger partial charge < -0.3 is 24.8 Å². The zero-order valence-corrected chi connectivity index (χ0v) is 24.8. The smallest absolute Gasteiger partial charge is 0.200 e. The van der Waals surface area contributed by atoms with Gasteiger partial charge in [0.25, 0.3) is 0 Å². The highest BCUT2D eigenvalue weighted by Crippen LogP contribution is 2.42. The van der Waals surface area contributed by atoms with E-state index in [9.17, 15) is 10.2 Å². The van der Waals surface area contributed by atoms with Crippen LogP contribution in [-0.2, 0) is 4.74 Å². The third-order valence-corrected chi connectivity index (χ3v) is 9.23. The number of nitrogens with zero attached hydrogens (tertiary/aromatic N) is 2. The molecule has 0 bridgehead atoms. The van der Waals surface area contributed by atoms with E-state index in [0.29, 0.717) is 43.2 Å². The van der Waals surface area contributed by atoms with Crippen LogP contribution < -0.4 is 15.6 Å². The maximum absolute atomic E-state index is 13.2. The summed E-state index contributed by atoms with van der Waals surface area (Å²) >= 11 is 1.73. The first-order valence-corrected chi connectivity index (χ1v) is 15.8. The Kier molecular flexibility index (Phi) is 8.68. The third-order valence-electron chi connectivity index (χ3n) is 8.01. The average Bonchev–Trinajstić information content (AvgIpc) is 3.41. The molecular weight excluding hydrogens is 542 g/mol. The molecule has 1 fully saturated rings. The maximum atomic E-state index is 13.2. The summed E-state index contributed by atoms with van der Waals surface area (Å²) in [6.07, 6.45) is 9.22. The number of fused-ring (bicyclic) bond motifs is 4. The number of allylic oxidation sites excluding steroid dienone is 1. The SMILES string of the molecule is CCCCCCCN/C=C(\C=[N-])c1ccc2sc3c(-c4cccc5c(=O)cc(N6CCOCC6)oc45)cccc3c2c1. The number of hydrogen-bond donors (Lipinski definition) is 1. The number of anilines is 1. The second-order valence-electron chi connectivity index (χ2n) is 10.8. The van der Waals surface area contributed by atoms with Gasteiger partial charge in [-0.05, 0) is 35.8 Å². The van der Waals surface area contributed by atoms with Crippen molar-refractivity contribution in [3.05, 3.63) is 88.1 Å². The molecule has 3 aromatic carbocycles. The number of hydrogen-bond acceptors (Lipinski definition) is 6. The van der Waals surface area contributed by atoms with Crippen LogP contribution in [0.1, 0.15) is 44.6 Å². The Balaban J connectivity index is 1.37. The molecular formula is C35H36N3O3S-. The first-order valence-electron chi connectivity index (χ1n) is 14.9. The van der Waals surface area contributed by atoms with E-state index >= 15 is 0 Å². The van der Waals surface area contributed by atoms with Gasteiger partial charge in [-0.15, -0.1) is 11.3 Å². The minimum atomic E-state index is -0.0399. The van der Waals surface area contributed by atoms with Gasteiger partial charge in [0, 0.05) is 63.2 Å². The summed E-state index contributed by atoms with van der Waals surface area (Å²) in [6.45, 7) is 5.74. The van der Waals surface area contributed by atoms with Crippen molar-refractivity contribution in [3.8, 4) is 11.1 Å².